The summed E-state index contributed by atoms with van der Waals surface area (Å²) in [6.07, 6.45) is 1.21. The molecule has 2 aliphatic heterocycles. The second-order valence-electron chi connectivity index (χ2n) is 7.53. The summed E-state index contributed by atoms with van der Waals surface area (Å²) in [5.41, 5.74) is -0.695. The standard InChI is InChI=1S/C18H22F3N3O/c19-18(20,21)15-4-6-22-16(8-15)23-7-5-14(11-23)17(25)24-9-12-2-1-3-13(12)10-24/h4,6,8,12-14H,1-3,5,7,9-11H2. The van der Waals surface area contributed by atoms with E-state index in [-0.39, 0.29) is 11.8 Å². The van der Waals surface area contributed by atoms with Gasteiger partial charge in [0.15, 0.2) is 0 Å². The van der Waals surface area contributed by atoms with Gasteiger partial charge in [-0.15, -0.1) is 0 Å². The number of halogens is 3. The Hall–Kier alpha value is -1.79. The summed E-state index contributed by atoms with van der Waals surface area (Å²) in [6.45, 7) is 2.76. The first kappa shape index (κ1) is 16.7. The molecule has 0 radical (unpaired) electrons. The van der Waals surface area contributed by atoms with Gasteiger partial charge in [0.05, 0.1) is 11.5 Å². The molecule has 2 saturated heterocycles. The second kappa shape index (κ2) is 6.18. The smallest absolute Gasteiger partial charge is 0.356 e. The molecule has 25 heavy (non-hydrogen) atoms. The van der Waals surface area contributed by atoms with Gasteiger partial charge in [-0.3, -0.25) is 4.79 Å². The molecule has 0 spiro atoms. The van der Waals surface area contributed by atoms with Crippen molar-refractivity contribution in [2.24, 2.45) is 17.8 Å². The van der Waals surface area contributed by atoms with Gasteiger partial charge in [-0.25, -0.2) is 4.98 Å². The van der Waals surface area contributed by atoms with Gasteiger partial charge < -0.3 is 9.80 Å². The number of alkyl halides is 3. The van der Waals surface area contributed by atoms with Gasteiger partial charge in [-0.1, -0.05) is 6.42 Å². The largest absolute Gasteiger partial charge is 0.416 e. The van der Waals surface area contributed by atoms with Crippen molar-refractivity contribution < 1.29 is 18.0 Å². The lowest BCUT2D eigenvalue weighted by Gasteiger charge is -2.22. The minimum Gasteiger partial charge on any atom is -0.356 e. The molecule has 3 aliphatic rings. The summed E-state index contributed by atoms with van der Waals surface area (Å²) >= 11 is 0. The average Bonchev–Trinajstić information content (AvgIpc) is 3.29. The second-order valence-corrected chi connectivity index (χ2v) is 7.53. The fourth-order valence-electron chi connectivity index (χ4n) is 4.61. The minimum absolute atomic E-state index is 0.129. The van der Waals surface area contributed by atoms with E-state index in [0.717, 1.165) is 25.2 Å². The Morgan fingerprint density at radius 1 is 1.12 bits per heavy atom. The molecule has 7 heteroatoms. The number of hydrogen-bond donors (Lipinski definition) is 0. The number of fused-ring (bicyclic) bond motifs is 1. The van der Waals surface area contributed by atoms with Crippen LogP contribution in [0.3, 0.4) is 0 Å². The summed E-state index contributed by atoms with van der Waals surface area (Å²) < 4.78 is 38.6. The van der Waals surface area contributed by atoms with E-state index in [1.54, 1.807) is 4.90 Å². The van der Waals surface area contributed by atoms with Crippen LogP contribution in [-0.2, 0) is 11.0 Å². The highest BCUT2D eigenvalue weighted by Gasteiger charge is 2.41. The molecular weight excluding hydrogens is 331 g/mol. The topological polar surface area (TPSA) is 36.4 Å². The molecule has 1 saturated carbocycles. The number of likely N-dealkylation sites (tertiary alicyclic amines) is 1. The van der Waals surface area contributed by atoms with Crippen LogP contribution in [0.25, 0.3) is 0 Å². The fourth-order valence-corrected chi connectivity index (χ4v) is 4.61. The molecule has 1 amide bonds. The lowest BCUT2D eigenvalue weighted by molar-refractivity contribution is -0.137. The van der Waals surface area contributed by atoms with Gasteiger partial charge in [-0.2, -0.15) is 13.2 Å². The molecule has 1 aliphatic carbocycles. The molecule has 0 aromatic carbocycles. The minimum atomic E-state index is -4.38. The van der Waals surface area contributed by atoms with Crippen LogP contribution in [0.1, 0.15) is 31.2 Å². The summed E-state index contributed by atoms with van der Waals surface area (Å²) in [6, 6.07) is 2.05. The number of carbonyl (C=O) groups excluding carboxylic acids is 1. The molecule has 1 aromatic rings. The Kier molecular flexibility index (Phi) is 4.12. The SMILES string of the molecule is O=C(C1CCN(c2cc(C(F)(F)F)ccn2)C1)N1CC2CCCC2C1. The van der Waals surface area contributed by atoms with Crippen LogP contribution >= 0.6 is 0 Å². The maximum absolute atomic E-state index is 12.9. The number of anilines is 1. The molecule has 136 valence electrons. The van der Waals surface area contributed by atoms with Crippen molar-refractivity contribution in [1.29, 1.82) is 0 Å². The quantitative estimate of drug-likeness (QED) is 0.819. The molecular formula is C18H22F3N3O. The van der Waals surface area contributed by atoms with E-state index in [0.29, 0.717) is 37.2 Å². The number of nitrogens with zero attached hydrogens (tertiary/aromatic N) is 3. The zero-order chi connectivity index (χ0) is 17.6. The average molecular weight is 353 g/mol. The maximum atomic E-state index is 12.9. The number of hydrogen-bond acceptors (Lipinski definition) is 3. The Morgan fingerprint density at radius 2 is 1.84 bits per heavy atom. The number of amides is 1. The van der Waals surface area contributed by atoms with E-state index in [2.05, 4.69) is 4.98 Å². The van der Waals surface area contributed by atoms with Gasteiger partial charge >= 0.3 is 6.18 Å². The van der Waals surface area contributed by atoms with Crippen LogP contribution < -0.4 is 4.90 Å². The number of carbonyl (C=O) groups is 1. The number of pyridine rings is 1. The Labute approximate surface area is 145 Å². The van der Waals surface area contributed by atoms with E-state index in [1.165, 1.54) is 25.5 Å². The van der Waals surface area contributed by atoms with Crippen molar-refractivity contribution in [2.75, 3.05) is 31.1 Å². The van der Waals surface area contributed by atoms with Crippen LogP contribution in [0.4, 0.5) is 19.0 Å². The number of rotatable bonds is 2. The zero-order valence-corrected chi connectivity index (χ0v) is 14.0. The molecule has 3 heterocycles. The summed E-state index contributed by atoms with van der Waals surface area (Å²) in [7, 11) is 0. The van der Waals surface area contributed by atoms with Crippen LogP contribution in [0.5, 0.6) is 0 Å². The van der Waals surface area contributed by atoms with E-state index in [1.807, 2.05) is 4.90 Å². The van der Waals surface area contributed by atoms with Gasteiger partial charge in [0.1, 0.15) is 5.82 Å². The van der Waals surface area contributed by atoms with E-state index in [9.17, 15) is 18.0 Å². The van der Waals surface area contributed by atoms with Crippen LogP contribution in [-0.4, -0.2) is 42.0 Å². The molecule has 3 fully saturated rings. The first-order valence-electron chi connectivity index (χ1n) is 8.99. The van der Waals surface area contributed by atoms with E-state index in [4.69, 9.17) is 0 Å². The molecule has 4 nitrogen and oxygen atoms in total. The third-order valence-electron chi connectivity index (χ3n) is 5.97. The monoisotopic (exact) mass is 353 g/mol. The lowest BCUT2D eigenvalue weighted by atomic mass is 10.0. The normalized spacial score (nSPS) is 29.3. The highest BCUT2D eigenvalue weighted by molar-refractivity contribution is 5.80. The lowest BCUT2D eigenvalue weighted by Crippen LogP contribution is -2.36. The predicted octanol–water partition coefficient (Wildman–Crippen LogP) is 3.19. The van der Waals surface area contributed by atoms with E-state index >= 15 is 0 Å². The summed E-state index contributed by atoms with van der Waals surface area (Å²) in [5, 5.41) is 0. The van der Waals surface area contributed by atoms with Crippen molar-refractivity contribution in [1.82, 2.24) is 9.88 Å². The van der Waals surface area contributed by atoms with Gasteiger partial charge in [-0.05, 0) is 43.2 Å². The fraction of sp³-hybridized carbons (Fsp3) is 0.667. The summed E-state index contributed by atoms with van der Waals surface area (Å²) in [5.74, 6) is 1.67. The molecule has 0 bridgehead atoms. The molecule has 4 rings (SSSR count). The van der Waals surface area contributed by atoms with Gasteiger partial charge in [0.2, 0.25) is 5.91 Å². The van der Waals surface area contributed by atoms with Crippen molar-refractivity contribution >= 4 is 11.7 Å². The highest BCUT2D eigenvalue weighted by atomic mass is 19.4. The van der Waals surface area contributed by atoms with Crippen molar-refractivity contribution in [3.63, 3.8) is 0 Å². The van der Waals surface area contributed by atoms with Crippen molar-refractivity contribution in [3.05, 3.63) is 23.9 Å². The van der Waals surface area contributed by atoms with Gasteiger partial charge in [0, 0.05) is 32.4 Å². The third-order valence-corrected chi connectivity index (χ3v) is 5.97. The van der Waals surface area contributed by atoms with Crippen LogP contribution in [0, 0.1) is 17.8 Å². The van der Waals surface area contributed by atoms with Crippen LogP contribution in [0.15, 0.2) is 18.3 Å². The summed E-state index contributed by atoms with van der Waals surface area (Å²) in [4.78, 5) is 20.6. The zero-order valence-electron chi connectivity index (χ0n) is 14.0. The van der Waals surface area contributed by atoms with Crippen LogP contribution in [0.2, 0.25) is 0 Å². The van der Waals surface area contributed by atoms with E-state index < -0.39 is 11.7 Å². The first-order valence-corrected chi connectivity index (χ1v) is 8.99. The Balaban J connectivity index is 1.41. The van der Waals surface area contributed by atoms with Crippen molar-refractivity contribution in [3.8, 4) is 0 Å². The molecule has 3 atom stereocenters. The molecule has 1 aromatic heterocycles. The first-order chi connectivity index (χ1) is 11.9. The molecule has 3 unspecified atom stereocenters. The maximum Gasteiger partial charge on any atom is 0.416 e. The Bertz CT molecular complexity index is 651. The third kappa shape index (κ3) is 3.20. The van der Waals surface area contributed by atoms with Crippen molar-refractivity contribution in [2.45, 2.75) is 31.9 Å². The highest BCUT2D eigenvalue weighted by Crippen LogP contribution is 2.39. The van der Waals surface area contributed by atoms with Gasteiger partial charge in [0.25, 0.3) is 0 Å². The number of aromatic nitrogens is 1. The predicted molar refractivity (Wildman–Crippen MR) is 87.0 cm³/mol. The Morgan fingerprint density at radius 3 is 2.52 bits per heavy atom. The molecule has 0 N–H and O–H groups in total.